The molecule has 2 aromatic heterocycles. The van der Waals surface area contributed by atoms with Gasteiger partial charge in [0.05, 0.1) is 0 Å². The Kier molecular flexibility index (Phi) is 5.84. The first-order valence-corrected chi connectivity index (χ1v) is 9.09. The van der Waals surface area contributed by atoms with E-state index in [4.69, 9.17) is 9.51 Å². The van der Waals surface area contributed by atoms with Crippen LogP contribution in [0.5, 0.6) is 0 Å². The molecule has 136 valence electrons. The number of hydrogen-bond acceptors (Lipinski definition) is 6. The Hall–Kier alpha value is -2.89. The Morgan fingerprint density at radius 1 is 0.962 bits per heavy atom. The van der Waals surface area contributed by atoms with Gasteiger partial charge in [0.15, 0.2) is 11.6 Å². The van der Waals surface area contributed by atoms with Gasteiger partial charge in [0.2, 0.25) is 0 Å². The SMILES string of the molecule is CCCN(CCC)c1cc(Nc2cc(C)on2)nc(-c2ccccc2)n1. The van der Waals surface area contributed by atoms with E-state index in [9.17, 15) is 0 Å². The minimum absolute atomic E-state index is 0.642. The molecule has 6 nitrogen and oxygen atoms in total. The van der Waals surface area contributed by atoms with Crippen molar-refractivity contribution in [2.45, 2.75) is 33.6 Å². The van der Waals surface area contributed by atoms with Gasteiger partial charge in [-0.2, -0.15) is 0 Å². The maximum Gasteiger partial charge on any atom is 0.175 e. The molecule has 0 saturated heterocycles. The van der Waals surface area contributed by atoms with Gasteiger partial charge in [0, 0.05) is 30.8 Å². The van der Waals surface area contributed by atoms with Crippen molar-refractivity contribution in [2.24, 2.45) is 0 Å². The molecule has 0 aliphatic rings. The molecule has 0 atom stereocenters. The van der Waals surface area contributed by atoms with Crippen LogP contribution in [0.15, 0.2) is 47.0 Å². The summed E-state index contributed by atoms with van der Waals surface area (Å²) in [5.74, 6) is 3.72. The van der Waals surface area contributed by atoms with Crippen molar-refractivity contribution in [1.29, 1.82) is 0 Å². The lowest BCUT2D eigenvalue weighted by atomic mass is 10.2. The third-order valence-electron chi connectivity index (χ3n) is 3.94. The third-order valence-corrected chi connectivity index (χ3v) is 3.94. The number of rotatable bonds is 8. The van der Waals surface area contributed by atoms with E-state index >= 15 is 0 Å². The van der Waals surface area contributed by atoms with Gasteiger partial charge in [-0.1, -0.05) is 49.3 Å². The zero-order chi connectivity index (χ0) is 18.4. The molecule has 26 heavy (non-hydrogen) atoms. The number of hydrogen-bond donors (Lipinski definition) is 1. The molecular formula is C20H25N5O. The molecule has 6 heteroatoms. The Bertz CT molecular complexity index is 825. The van der Waals surface area contributed by atoms with Crippen LogP contribution in [0.3, 0.4) is 0 Å². The van der Waals surface area contributed by atoms with Crippen LogP contribution in [-0.4, -0.2) is 28.2 Å². The molecule has 2 heterocycles. The zero-order valence-corrected chi connectivity index (χ0v) is 15.6. The van der Waals surface area contributed by atoms with E-state index in [1.807, 2.05) is 49.4 Å². The Morgan fingerprint density at radius 3 is 2.31 bits per heavy atom. The molecule has 0 spiro atoms. The Morgan fingerprint density at radius 2 is 1.69 bits per heavy atom. The molecule has 0 aliphatic heterocycles. The minimum Gasteiger partial charge on any atom is -0.360 e. The highest BCUT2D eigenvalue weighted by molar-refractivity contribution is 5.64. The maximum absolute atomic E-state index is 5.14. The van der Waals surface area contributed by atoms with Crippen LogP contribution in [-0.2, 0) is 0 Å². The monoisotopic (exact) mass is 351 g/mol. The molecule has 1 N–H and O–H groups in total. The van der Waals surface area contributed by atoms with E-state index in [-0.39, 0.29) is 0 Å². The highest BCUT2D eigenvalue weighted by atomic mass is 16.5. The van der Waals surface area contributed by atoms with Crippen molar-refractivity contribution >= 4 is 17.5 Å². The number of benzene rings is 1. The summed E-state index contributed by atoms with van der Waals surface area (Å²) in [6.07, 6.45) is 2.13. The topological polar surface area (TPSA) is 67.1 Å². The van der Waals surface area contributed by atoms with Crippen molar-refractivity contribution in [1.82, 2.24) is 15.1 Å². The number of nitrogens with zero attached hydrogens (tertiary/aromatic N) is 4. The summed E-state index contributed by atoms with van der Waals surface area (Å²) in [6.45, 7) is 8.14. The largest absolute Gasteiger partial charge is 0.360 e. The summed E-state index contributed by atoms with van der Waals surface area (Å²) >= 11 is 0. The first-order valence-electron chi connectivity index (χ1n) is 9.09. The predicted molar refractivity (Wildman–Crippen MR) is 105 cm³/mol. The van der Waals surface area contributed by atoms with Gasteiger partial charge in [0.1, 0.15) is 17.4 Å². The Labute approximate surface area is 154 Å². The van der Waals surface area contributed by atoms with E-state index in [1.165, 1.54) is 0 Å². The number of aromatic nitrogens is 3. The average Bonchev–Trinajstić information content (AvgIpc) is 3.06. The van der Waals surface area contributed by atoms with E-state index in [0.29, 0.717) is 17.5 Å². The van der Waals surface area contributed by atoms with Crippen LogP contribution in [0.1, 0.15) is 32.4 Å². The van der Waals surface area contributed by atoms with Crippen LogP contribution >= 0.6 is 0 Å². The molecule has 1 aromatic carbocycles. The summed E-state index contributed by atoms with van der Waals surface area (Å²) < 4.78 is 5.14. The molecule has 0 saturated carbocycles. The lowest BCUT2D eigenvalue weighted by Gasteiger charge is -2.23. The second-order valence-corrected chi connectivity index (χ2v) is 6.24. The molecule has 0 unspecified atom stereocenters. The highest BCUT2D eigenvalue weighted by Gasteiger charge is 2.13. The molecular weight excluding hydrogens is 326 g/mol. The van der Waals surface area contributed by atoms with Gasteiger partial charge < -0.3 is 14.7 Å². The molecule has 3 rings (SSSR count). The summed E-state index contributed by atoms with van der Waals surface area (Å²) in [5, 5.41) is 7.23. The maximum atomic E-state index is 5.14. The van der Waals surface area contributed by atoms with Gasteiger partial charge in [-0.15, -0.1) is 0 Å². The van der Waals surface area contributed by atoms with Crippen LogP contribution in [0, 0.1) is 6.92 Å². The van der Waals surface area contributed by atoms with E-state index < -0.39 is 0 Å². The third kappa shape index (κ3) is 4.39. The second-order valence-electron chi connectivity index (χ2n) is 6.24. The first-order chi connectivity index (χ1) is 12.7. The molecule has 0 bridgehead atoms. The van der Waals surface area contributed by atoms with Gasteiger partial charge >= 0.3 is 0 Å². The smallest absolute Gasteiger partial charge is 0.175 e. The fourth-order valence-electron chi connectivity index (χ4n) is 2.81. The van der Waals surface area contributed by atoms with Crippen molar-refractivity contribution in [2.75, 3.05) is 23.3 Å². The summed E-state index contributed by atoms with van der Waals surface area (Å²) in [6, 6.07) is 13.8. The van der Waals surface area contributed by atoms with Crippen LogP contribution in [0.4, 0.5) is 17.5 Å². The van der Waals surface area contributed by atoms with E-state index in [2.05, 4.69) is 34.2 Å². The molecule has 0 fully saturated rings. The average molecular weight is 351 g/mol. The lowest BCUT2D eigenvalue weighted by molar-refractivity contribution is 0.400. The predicted octanol–water partition coefficient (Wildman–Crippen LogP) is 4.81. The van der Waals surface area contributed by atoms with Gasteiger partial charge in [0.25, 0.3) is 0 Å². The molecule has 0 aliphatic carbocycles. The summed E-state index contributed by atoms with van der Waals surface area (Å²) in [4.78, 5) is 11.8. The standard InChI is InChI=1S/C20H25N5O/c1-4-11-25(12-5-2)19-14-17(21-18-13-15(3)26-24-18)22-20(23-19)16-9-7-6-8-10-16/h6-10,13-14H,4-5,11-12H2,1-3H3,(H,21,22,23,24). The number of aryl methyl sites for hydroxylation is 1. The zero-order valence-electron chi connectivity index (χ0n) is 15.6. The van der Waals surface area contributed by atoms with Gasteiger partial charge in [-0.3, -0.25) is 0 Å². The van der Waals surface area contributed by atoms with Crippen molar-refractivity contribution in [3.8, 4) is 11.4 Å². The number of nitrogens with one attached hydrogen (secondary N) is 1. The van der Waals surface area contributed by atoms with Gasteiger partial charge in [-0.25, -0.2) is 9.97 Å². The van der Waals surface area contributed by atoms with Crippen molar-refractivity contribution in [3.05, 3.63) is 48.2 Å². The van der Waals surface area contributed by atoms with E-state index in [0.717, 1.165) is 43.1 Å². The lowest BCUT2D eigenvalue weighted by Crippen LogP contribution is -2.26. The fraction of sp³-hybridized carbons (Fsp3) is 0.350. The molecule has 0 radical (unpaired) electrons. The quantitative estimate of drug-likeness (QED) is 0.628. The van der Waals surface area contributed by atoms with Crippen LogP contribution in [0.2, 0.25) is 0 Å². The fourth-order valence-corrected chi connectivity index (χ4v) is 2.81. The highest BCUT2D eigenvalue weighted by Crippen LogP contribution is 2.25. The summed E-state index contributed by atoms with van der Waals surface area (Å²) in [7, 11) is 0. The van der Waals surface area contributed by atoms with Crippen molar-refractivity contribution < 1.29 is 4.52 Å². The first kappa shape index (κ1) is 17.9. The number of anilines is 3. The second kappa shape index (κ2) is 8.47. The van der Waals surface area contributed by atoms with E-state index in [1.54, 1.807) is 0 Å². The Balaban J connectivity index is 2.00. The normalized spacial score (nSPS) is 10.7. The minimum atomic E-state index is 0.642. The van der Waals surface area contributed by atoms with Gasteiger partial charge in [-0.05, 0) is 19.8 Å². The molecule has 0 amide bonds. The van der Waals surface area contributed by atoms with Crippen LogP contribution in [0.25, 0.3) is 11.4 Å². The summed E-state index contributed by atoms with van der Waals surface area (Å²) in [5.41, 5.74) is 0.988. The van der Waals surface area contributed by atoms with Crippen LogP contribution < -0.4 is 10.2 Å². The van der Waals surface area contributed by atoms with Crippen molar-refractivity contribution in [3.63, 3.8) is 0 Å². The molecule has 3 aromatic rings.